The number of rotatable bonds is 9. The molecule has 0 aromatic rings. The molecule has 0 bridgehead atoms. The Morgan fingerprint density at radius 3 is 1.90 bits per heavy atom. The minimum absolute atomic E-state index is 0.154. The normalized spacial score (nSPS) is 12.8. The minimum atomic E-state index is -0.967. The molecule has 0 aliphatic carbocycles. The molecule has 0 aliphatic heterocycles. The van der Waals surface area contributed by atoms with Crippen LogP contribution in [0.5, 0.6) is 0 Å². The van der Waals surface area contributed by atoms with Gasteiger partial charge in [-0.1, -0.05) is 41.5 Å². The molecule has 124 valence electrons. The van der Waals surface area contributed by atoms with E-state index in [0.717, 1.165) is 12.8 Å². The van der Waals surface area contributed by atoms with Gasteiger partial charge < -0.3 is 15.3 Å². The first-order valence-corrected chi connectivity index (χ1v) is 8.02. The minimum Gasteiger partial charge on any atom is -0.480 e. The standard InChI is InChI=1S/C16H32N2O3/c1-7-13(8-2)18(10-12(5)6)16(21)17-14(15(19)20)9-11(3)4/h11-14H,7-10H2,1-6H3,(H,17,21)(H,19,20)/t14-/m1/s1. The van der Waals surface area contributed by atoms with Gasteiger partial charge in [0.1, 0.15) is 6.04 Å². The molecular weight excluding hydrogens is 268 g/mol. The molecule has 0 radical (unpaired) electrons. The van der Waals surface area contributed by atoms with Crippen LogP contribution in [0.15, 0.2) is 0 Å². The Balaban J connectivity index is 4.96. The van der Waals surface area contributed by atoms with Crippen LogP contribution >= 0.6 is 0 Å². The molecule has 0 aromatic heterocycles. The number of aliphatic carboxylic acids is 1. The zero-order valence-corrected chi connectivity index (χ0v) is 14.3. The molecule has 5 heteroatoms. The van der Waals surface area contributed by atoms with E-state index >= 15 is 0 Å². The quantitative estimate of drug-likeness (QED) is 0.686. The smallest absolute Gasteiger partial charge is 0.326 e. The molecule has 0 spiro atoms. The summed E-state index contributed by atoms with van der Waals surface area (Å²) in [4.78, 5) is 25.6. The van der Waals surface area contributed by atoms with Gasteiger partial charge in [-0.15, -0.1) is 0 Å². The molecule has 0 heterocycles. The van der Waals surface area contributed by atoms with Crippen molar-refractivity contribution in [2.45, 2.75) is 72.9 Å². The fraction of sp³-hybridized carbons (Fsp3) is 0.875. The van der Waals surface area contributed by atoms with Crippen LogP contribution in [0.1, 0.15) is 60.8 Å². The number of nitrogens with zero attached hydrogens (tertiary/aromatic N) is 1. The third-order valence-corrected chi connectivity index (χ3v) is 3.51. The molecule has 0 aliphatic rings. The third kappa shape index (κ3) is 7.34. The summed E-state index contributed by atoms with van der Waals surface area (Å²) in [5, 5.41) is 11.9. The fourth-order valence-corrected chi connectivity index (χ4v) is 2.45. The van der Waals surface area contributed by atoms with Gasteiger partial charge in [0.15, 0.2) is 0 Å². The number of carbonyl (C=O) groups excluding carboxylic acids is 1. The lowest BCUT2D eigenvalue weighted by Gasteiger charge is -2.33. The zero-order chi connectivity index (χ0) is 16.6. The average Bonchev–Trinajstić information content (AvgIpc) is 2.36. The van der Waals surface area contributed by atoms with E-state index in [4.69, 9.17) is 0 Å². The maximum Gasteiger partial charge on any atom is 0.326 e. The Kier molecular flexibility index (Phi) is 9.06. The fourth-order valence-electron chi connectivity index (χ4n) is 2.45. The summed E-state index contributed by atoms with van der Waals surface area (Å²) in [6.07, 6.45) is 2.19. The lowest BCUT2D eigenvalue weighted by molar-refractivity contribution is -0.139. The second-order valence-corrected chi connectivity index (χ2v) is 6.49. The molecule has 0 rings (SSSR count). The van der Waals surface area contributed by atoms with E-state index in [-0.39, 0.29) is 18.0 Å². The summed E-state index contributed by atoms with van der Waals surface area (Å²) < 4.78 is 0. The van der Waals surface area contributed by atoms with Crippen LogP contribution in [-0.4, -0.2) is 40.6 Å². The van der Waals surface area contributed by atoms with Gasteiger partial charge in [-0.2, -0.15) is 0 Å². The molecule has 2 N–H and O–H groups in total. The van der Waals surface area contributed by atoms with Gasteiger partial charge in [0, 0.05) is 12.6 Å². The molecule has 0 fully saturated rings. The van der Waals surface area contributed by atoms with Crippen LogP contribution < -0.4 is 5.32 Å². The van der Waals surface area contributed by atoms with Crippen molar-refractivity contribution in [3.8, 4) is 0 Å². The van der Waals surface area contributed by atoms with Crippen molar-refractivity contribution >= 4 is 12.0 Å². The Bertz CT molecular complexity index is 325. The van der Waals surface area contributed by atoms with E-state index in [9.17, 15) is 14.7 Å². The van der Waals surface area contributed by atoms with Crippen LogP contribution in [-0.2, 0) is 4.79 Å². The van der Waals surface area contributed by atoms with E-state index < -0.39 is 12.0 Å². The number of hydrogen-bond acceptors (Lipinski definition) is 2. The summed E-state index contributed by atoms with van der Waals surface area (Å²) in [7, 11) is 0. The molecule has 0 unspecified atom stereocenters. The highest BCUT2D eigenvalue weighted by atomic mass is 16.4. The second-order valence-electron chi connectivity index (χ2n) is 6.49. The van der Waals surface area contributed by atoms with Crippen molar-refractivity contribution in [2.24, 2.45) is 11.8 Å². The number of carbonyl (C=O) groups is 2. The van der Waals surface area contributed by atoms with Gasteiger partial charge in [0.2, 0.25) is 0 Å². The Labute approximate surface area is 129 Å². The molecule has 0 aromatic carbocycles. The number of nitrogens with one attached hydrogen (secondary N) is 1. The van der Waals surface area contributed by atoms with Crippen LogP contribution in [0.3, 0.4) is 0 Å². The molecule has 0 saturated carbocycles. The topological polar surface area (TPSA) is 69.6 Å². The van der Waals surface area contributed by atoms with Crippen LogP contribution in [0.25, 0.3) is 0 Å². The van der Waals surface area contributed by atoms with E-state index in [0.29, 0.717) is 18.9 Å². The first-order chi connectivity index (χ1) is 9.72. The van der Waals surface area contributed by atoms with Crippen molar-refractivity contribution in [2.75, 3.05) is 6.54 Å². The highest BCUT2D eigenvalue weighted by Gasteiger charge is 2.27. The maximum absolute atomic E-state index is 12.5. The van der Waals surface area contributed by atoms with E-state index in [2.05, 4.69) is 33.0 Å². The number of carboxylic acid groups (broad SMARTS) is 1. The molecule has 5 nitrogen and oxygen atoms in total. The predicted octanol–water partition coefficient (Wildman–Crippen LogP) is 3.34. The third-order valence-electron chi connectivity index (χ3n) is 3.51. The Morgan fingerprint density at radius 2 is 1.57 bits per heavy atom. The van der Waals surface area contributed by atoms with Gasteiger partial charge in [0.05, 0.1) is 0 Å². The van der Waals surface area contributed by atoms with Gasteiger partial charge in [-0.3, -0.25) is 0 Å². The average molecular weight is 300 g/mol. The summed E-state index contributed by atoms with van der Waals surface area (Å²) in [5.41, 5.74) is 0. The summed E-state index contributed by atoms with van der Waals surface area (Å²) >= 11 is 0. The van der Waals surface area contributed by atoms with Crippen molar-refractivity contribution in [1.82, 2.24) is 10.2 Å². The van der Waals surface area contributed by atoms with E-state index in [1.807, 2.05) is 13.8 Å². The van der Waals surface area contributed by atoms with E-state index in [1.165, 1.54) is 0 Å². The largest absolute Gasteiger partial charge is 0.480 e. The summed E-state index contributed by atoms with van der Waals surface area (Å²) in [5.74, 6) is -0.395. The number of carboxylic acids is 1. The van der Waals surface area contributed by atoms with Crippen LogP contribution in [0, 0.1) is 11.8 Å². The van der Waals surface area contributed by atoms with Crippen LogP contribution in [0.4, 0.5) is 4.79 Å². The monoisotopic (exact) mass is 300 g/mol. The van der Waals surface area contributed by atoms with Gasteiger partial charge in [-0.05, 0) is 31.1 Å². The first-order valence-electron chi connectivity index (χ1n) is 8.02. The maximum atomic E-state index is 12.5. The number of urea groups is 1. The lowest BCUT2D eigenvalue weighted by atomic mass is 10.0. The van der Waals surface area contributed by atoms with Crippen molar-refractivity contribution in [1.29, 1.82) is 0 Å². The zero-order valence-electron chi connectivity index (χ0n) is 14.3. The molecule has 2 amide bonds. The van der Waals surface area contributed by atoms with Crippen molar-refractivity contribution in [3.05, 3.63) is 0 Å². The van der Waals surface area contributed by atoms with Crippen molar-refractivity contribution in [3.63, 3.8) is 0 Å². The van der Waals surface area contributed by atoms with Gasteiger partial charge >= 0.3 is 12.0 Å². The SMILES string of the molecule is CCC(CC)N(CC(C)C)C(=O)N[C@H](CC(C)C)C(=O)O. The molecule has 1 atom stereocenters. The van der Waals surface area contributed by atoms with Gasteiger partial charge in [-0.25, -0.2) is 9.59 Å². The first kappa shape index (κ1) is 19.7. The summed E-state index contributed by atoms with van der Waals surface area (Å²) in [6.45, 7) is 12.8. The van der Waals surface area contributed by atoms with E-state index in [1.54, 1.807) is 4.90 Å². The summed E-state index contributed by atoms with van der Waals surface area (Å²) in [6, 6.07) is -0.923. The number of amides is 2. The number of hydrogen-bond donors (Lipinski definition) is 2. The highest BCUT2D eigenvalue weighted by molar-refractivity contribution is 5.82. The van der Waals surface area contributed by atoms with Crippen molar-refractivity contribution < 1.29 is 14.7 Å². The Hall–Kier alpha value is -1.26. The predicted molar refractivity (Wildman–Crippen MR) is 85.3 cm³/mol. The molecular formula is C16H32N2O3. The lowest BCUT2D eigenvalue weighted by Crippen LogP contribution is -2.52. The molecule has 0 saturated heterocycles. The second kappa shape index (κ2) is 9.64. The highest BCUT2D eigenvalue weighted by Crippen LogP contribution is 2.13. The molecule has 21 heavy (non-hydrogen) atoms. The van der Waals surface area contributed by atoms with Gasteiger partial charge in [0.25, 0.3) is 0 Å². The van der Waals surface area contributed by atoms with Crippen LogP contribution in [0.2, 0.25) is 0 Å². The Morgan fingerprint density at radius 1 is 1.05 bits per heavy atom.